The molecule has 6 atom stereocenters. The molecular weight excluding hydrogens is 704 g/mol. The van der Waals surface area contributed by atoms with Gasteiger partial charge in [0, 0.05) is 54.4 Å². The molecule has 5 amide bonds. The third kappa shape index (κ3) is 9.63. The van der Waals surface area contributed by atoms with Gasteiger partial charge in [-0.15, -0.1) is 0 Å². The van der Waals surface area contributed by atoms with Crippen LogP contribution >= 0.6 is 0 Å². The van der Waals surface area contributed by atoms with E-state index in [1.54, 1.807) is 24.3 Å². The van der Waals surface area contributed by atoms with Crippen LogP contribution in [-0.2, 0) is 24.0 Å². The Balaban J connectivity index is 1.18. The number of carbonyl (C=O) groups excluding carboxylic acids is 7. The van der Waals surface area contributed by atoms with E-state index in [-0.39, 0.29) is 74.0 Å². The molecule has 3 saturated heterocycles. The number of likely N-dealkylation sites (tertiary alicyclic amines) is 1. The molecular formula is C41H56N6O8. The number of ketones is 2. The maximum absolute atomic E-state index is 14.3. The Labute approximate surface area is 321 Å². The highest BCUT2D eigenvalue weighted by Crippen LogP contribution is 2.35. The number of nitrogens with one attached hydrogen (secondary N) is 3. The van der Waals surface area contributed by atoms with E-state index in [1.165, 1.54) is 11.8 Å². The molecule has 1 aromatic heterocycles. The number of aliphatic hydroxyl groups excluding tert-OH is 1. The lowest BCUT2D eigenvalue weighted by Gasteiger charge is -2.37. The van der Waals surface area contributed by atoms with Gasteiger partial charge in [-0.1, -0.05) is 19.3 Å². The SMILES string of the molecule is CC(=O)c1ccc2[nH]c(C(=O)N[C@H]3CC[C@H](O)C[C@H]4CC[C@@H](C(=O)N[C@@H](CCC(N)=O)C(=O)C[C@H](C(=O)N5CCCCC5)C5CCCCC5)N4C3=O)cc2c1. The Morgan fingerprint density at radius 2 is 1.65 bits per heavy atom. The predicted molar refractivity (Wildman–Crippen MR) is 204 cm³/mol. The molecule has 0 unspecified atom stereocenters. The average Bonchev–Trinajstić information content (AvgIpc) is 3.80. The van der Waals surface area contributed by atoms with Gasteiger partial charge in [-0.3, -0.25) is 33.6 Å². The summed E-state index contributed by atoms with van der Waals surface area (Å²) in [6, 6.07) is 3.10. The summed E-state index contributed by atoms with van der Waals surface area (Å²) in [5.41, 5.74) is 6.84. The van der Waals surface area contributed by atoms with Crippen LogP contribution in [0.1, 0.15) is 131 Å². The number of nitrogens with two attached hydrogens (primary N) is 1. The Kier molecular flexibility index (Phi) is 13.1. The summed E-state index contributed by atoms with van der Waals surface area (Å²) in [5, 5.41) is 17.2. The molecule has 6 N–H and O–H groups in total. The fourth-order valence-corrected chi connectivity index (χ4v) is 9.21. The van der Waals surface area contributed by atoms with Crippen LogP contribution in [0.3, 0.4) is 0 Å². The minimum atomic E-state index is -1.09. The first kappa shape index (κ1) is 40.1. The molecule has 4 fully saturated rings. The molecule has 14 nitrogen and oxygen atoms in total. The third-order valence-corrected chi connectivity index (χ3v) is 12.3. The first-order valence-electron chi connectivity index (χ1n) is 20.2. The van der Waals surface area contributed by atoms with E-state index in [2.05, 4.69) is 15.6 Å². The summed E-state index contributed by atoms with van der Waals surface area (Å²) in [7, 11) is 0. The number of Topliss-reactive ketones (excluding diaryl/α,β-unsaturated/α-hetero) is 2. The largest absolute Gasteiger partial charge is 0.393 e. The zero-order chi connectivity index (χ0) is 39.2. The van der Waals surface area contributed by atoms with Crippen LogP contribution in [0.15, 0.2) is 24.3 Å². The van der Waals surface area contributed by atoms with Crippen molar-refractivity contribution < 1.29 is 38.7 Å². The Morgan fingerprint density at radius 3 is 2.36 bits per heavy atom. The number of hydrogen-bond acceptors (Lipinski definition) is 8. The van der Waals surface area contributed by atoms with E-state index < -0.39 is 59.8 Å². The number of hydrogen-bond donors (Lipinski definition) is 5. The second-order valence-corrected chi connectivity index (χ2v) is 16.2. The normalized spacial score (nSPS) is 24.7. The monoisotopic (exact) mass is 760 g/mol. The van der Waals surface area contributed by atoms with Crippen molar-refractivity contribution in [3.8, 4) is 0 Å². The molecule has 298 valence electrons. The lowest BCUT2D eigenvalue weighted by molar-refractivity contribution is -0.145. The van der Waals surface area contributed by atoms with Crippen LogP contribution < -0.4 is 16.4 Å². The number of aromatic nitrogens is 1. The summed E-state index contributed by atoms with van der Waals surface area (Å²) in [5.74, 6) is -3.09. The Bertz CT molecular complexity index is 1780. The molecule has 14 heteroatoms. The van der Waals surface area contributed by atoms with E-state index >= 15 is 0 Å². The fourth-order valence-electron chi connectivity index (χ4n) is 9.21. The molecule has 0 bridgehead atoms. The van der Waals surface area contributed by atoms with Crippen molar-refractivity contribution in [2.45, 2.75) is 140 Å². The van der Waals surface area contributed by atoms with E-state index in [0.29, 0.717) is 36.0 Å². The minimum absolute atomic E-state index is 0.00954. The average molecular weight is 761 g/mol. The number of amides is 5. The zero-order valence-electron chi connectivity index (χ0n) is 31.9. The first-order chi connectivity index (χ1) is 26.4. The summed E-state index contributed by atoms with van der Waals surface area (Å²) >= 11 is 0. The van der Waals surface area contributed by atoms with Gasteiger partial charge >= 0.3 is 0 Å². The highest BCUT2D eigenvalue weighted by Gasteiger charge is 2.46. The van der Waals surface area contributed by atoms with Crippen molar-refractivity contribution in [3.05, 3.63) is 35.5 Å². The van der Waals surface area contributed by atoms with Gasteiger partial charge in [0.2, 0.25) is 23.6 Å². The summed E-state index contributed by atoms with van der Waals surface area (Å²) in [6.07, 6.45) is 8.15. The molecule has 1 saturated carbocycles. The van der Waals surface area contributed by atoms with Gasteiger partial charge in [0.15, 0.2) is 11.6 Å². The number of fused-ring (bicyclic) bond motifs is 2. The lowest BCUT2D eigenvalue weighted by atomic mass is 9.76. The minimum Gasteiger partial charge on any atom is -0.393 e. The van der Waals surface area contributed by atoms with Crippen molar-refractivity contribution >= 4 is 52.0 Å². The lowest BCUT2D eigenvalue weighted by Crippen LogP contribution is -2.58. The van der Waals surface area contributed by atoms with Crippen LogP contribution in [0.5, 0.6) is 0 Å². The second-order valence-electron chi connectivity index (χ2n) is 16.2. The summed E-state index contributed by atoms with van der Waals surface area (Å²) in [6.45, 7) is 2.80. The van der Waals surface area contributed by atoms with E-state index in [0.717, 1.165) is 51.4 Å². The molecule has 0 spiro atoms. The number of benzene rings is 1. The molecule has 4 heterocycles. The number of rotatable bonds is 13. The molecule has 1 aromatic carbocycles. The standard InChI is InChI=1S/C41H56N6O8/c1-24(48)26-10-13-31-27(20-26)21-34(43-31)38(52)45-33-14-12-29(49)22-28-11-16-35(47(28)41(33)55)39(53)44-32(15-17-37(42)51)36(50)23-30(25-8-4-2-5-9-25)40(54)46-18-6-3-7-19-46/h10,13,20-21,25,28-30,32-33,35,43,49H,2-9,11-12,14-19,22-23H2,1H3,(H2,42,51)(H,44,53)(H,45,52)/t28-,29+,30+,32+,33+,35+/m1/s1. The van der Waals surface area contributed by atoms with Crippen molar-refractivity contribution in [1.29, 1.82) is 0 Å². The van der Waals surface area contributed by atoms with E-state index in [9.17, 15) is 38.7 Å². The van der Waals surface area contributed by atoms with Crippen molar-refractivity contribution in [2.75, 3.05) is 13.1 Å². The van der Waals surface area contributed by atoms with Crippen LogP contribution in [0.2, 0.25) is 0 Å². The van der Waals surface area contributed by atoms with Gasteiger partial charge in [0.1, 0.15) is 17.8 Å². The van der Waals surface area contributed by atoms with Gasteiger partial charge in [0.05, 0.1) is 12.1 Å². The van der Waals surface area contributed by atoms with Gasteiger partial charge in [0.25, 0.3) is 5.91 Å². The third-order valence-electron chi connectivity index (χ3n) is 12.3. The Hall–Kier alpha value is -4.59. The summed E-state index contributed by atoms with van der Waals surface area (Å²) in [4.78, 5) is 100. The number of piperidine rings is 1. The number of nitrogens with zero attached hydrogens (tertiary/aromatic N) is 2. The van der Waals surface area contributed by atoms with Gasteiger partial charge in [-0.2, -0.15) is 0 Å². The quantitative estimate of drug-likeness (QED) is 0.191. The fraction of sp³-hybridized carbons (Fsp3) is 0.634. The second kappa shape index (κ2) is 17.9. The molecule has 3 aliphatic heterocycles. The summed E-state index contributed by atoms with van der Waals surface area (Å²) < 4.78 is 0. The maximum Gasteiger partial charge on any atom is 0.268 e. The van der Waals surface area contributed by atoms with Crippen molar-refractivity contribution in [1.82, 2.24) is 25.4 Å². The highest BCUT2D eigenvalue weighted by molar-refractivity contribution is 6.03. The van der Waals surface area contributed by atoms with Gasteiger partial charge in [-0.25, -0.2) is 0 Å². The van der Waals surface area contributed by atoms with E-state index in [4.69, 9.17) is 5.73 Å². The molecule has 55 heavy (non-hydrogen) atoms. The van der Waals surface area contributed by atoms with Gasteiger partial charge < -0.3 is 36.3 Å². The molecule has 6 rings (SSSR count). The van der Waals surface area contributed by atoms with Crippen LogP contribution in [-0.4, -0.2) is 104 Å². The number of carbonyl (C=O) groups is 7. The molecule has 1 aliphatic carbocycles. The Morgan fingerprint density at radius 1 is 0.927 bits per heavy atom. The van der Waals surface area contributed by atoms with Crippen LogP contribution in [0, 0.1) is 11.8 Å². The topological polar surface area (TPSA) is 212 Å². The highest BCUT2D eigenvalue weighted by atomic mass is 16.3. The zero-order valence-corrected chi connectivity index (χ0v) is 31.9. The number of aliphatic hydroxyl groups is 1. The first-order valence-corrected chi connectivity index (χ1v) is 20.2. The van der Waals surface area contributed by atoms with Gasteiger partial charge in [-0.05, 0) is 108 Å². The molecule has 2 aromatic rings. The number of aromatic amines is 1. The maximum atomic E-state index is 14.3. The van der Waals surface area contributed by atoms with Crippen molar-refractivity contribution in [2.24, 2.45) is 17.6 Å². The van der Waals surface area contributed by atoms with Crippen molar-refractivity contribution in [3.63, 3.8) is 0 Å². The number of H-pyrrole nitrogens is 1. The molecule has 4 aliphatic rings. The smallest absolute Gasteiger partial charge is 0.268 e. The van der Waals surface area contributed by atoms with Crippen LogP contribution in [0.25, 0.3) is 10.9 Å². The molecule has 0 radical (unpaired) electrons. The van der Waals surface area contributed by atoms with E-state index in [1.807, 2.05) is 4.90 Å². The van der Waals surface area contributed by atoms with Crippen LogP contribution in [0.4, 0.5) is 0 Å². The number of primary amides is 1. The predicted octanol–water partition coefficient (Wildman–Crippen LogP) is 3.29.